The molecule has 15 heavy (non-hydrogen) atoms. The summed E-state index contributed by atoms with van der Waals surface area (Å²) in [6.07, 6.45) is 5.91. The second-order valence-electron chi connectivity index (χ2n) is 3.01. The standard InChI is InChI=1S/C10H22O4Si/c1-6-8-9-10(7-2)14-15(11-3,12-4)13-5/h8-10H,6-7H2,1-5H3. The molecule has 5 heteroatoms. The molecule has 0 aliphatic heterocycles. The molecular formula is C10H22O4Si. The summed E-state index contributed by atoms with van der Waals surface area (Å²) in [5, 5.41) is 0. The van der Waals surface area contributed by atoms with Gasteiger partial charge in [-0.1, -0.05) is 26.0 Å². The van der Waals surface area contributed by atoms with E-state index in [1.807, 2.05) is 13.0 Å². The van der Waals surface area contributed by atoms with Crippen LogP contribution in [0.25, 0.3) is 0 Å². The van der Waals surface area contributed by atoms with Crippen LogP contribution in [0.3, 0.4) is 0 Å². The molecule has 4 nitrogen and oxygen atoms in total. The van der Waals surface area contributed by atoms with Crippen molar-refractivity contribution in [3.63, 3.8) is 0 Å². The fraction of sp³-hybridized carbons (Fsp3) is 0.800. The molecule has 0 radical (unpaired) electrons. The third-order valence-corrected chi connectivity index (χ3v) is 4.13. The minimum atomic E-state index is -2.90. The SMILES string of the molecule is CCC=CC(CC)O[Si](OC)(OC)OC. The lowest BCUT2D eigenvalue weighted by molar-refractivity contribution is -0.0112. The van der Waals surface area contributed by atoms with Crippen molar-refractivity contribution < 1.29 is 17.7 Å². The highest BCUT2D eigenvalue weighted by Crippen LogP contribution is 2.14. The molecule has 0 saturated heterocycles. The van der Waals surface area contributed by atoms with E-state index in [9.17, 15) is 0 Å². The lowest BCUT2D eigenvalue weighted by atomic mass is 10.2. The summed E-state index contributed by atoms with van der Waals surface area (Å²) in [5.41, 5.74) is 0. The van der Waals surface area contributed by atoms with Gasteiger partial charge in [0.2, 0.25) is 0 Å². The second kappa shape index (κ2) is 8.01. The highest BCUT2D eigenvalue weighted by Gasteiger charge is 2.43. The number of rotatable bonds is 8. The van der Waals surface area contributed by atoms with Crippen molar-refractivity contribution in [1.29, 1.82) is 0 Å². The molecule has 0 aliphatic rings. The first-order chi connectivity index (χ1) is 7.17. The van der Waals surface area contributed by atoms with E-state index in [0.717, 1.165) is 12.8 Å². The molecule has 0 rings (SSSR count). The minimum absolute atomic E-state index is 0.0172. The first-order valence-electron chi connectivity index (χ1n) is 5.17. The van der Waals surface area contributed by atoms with Gasteiger partial charge in [-0.2, -0.15) is 0 Å². The van der Waals surface area contributed by atoms with Gasteiger partial charge in [0.1, 0.15) is 0 Å². The number of allylic oxidation sites excluding steroid dienone is 1. The average molecular weight is 234 g/mol. The van der Waals surface area contributed by atoms with Gasteiger partial charge in [0.05, 0.1) is 6.10 Å². The molecule has 0 fully saturated rings. The van der Waals surface area contributed by atoms with Crippen LogP contribution in [0.15, 0.2) is 12.2 Å². The van der Waals surface area contributed by atoms with Crippen LogP contribution >= 0.6 is 0 Å². The van der Waals surface area contributed by atoms with Crippen molar-refractivity contribution in [2.45, 2.75) is 32.8 Å². The Morgan fingerprint density at radius 2 is 1.60 bits per heavy atom. The predicted molar refractivity (Wildman–Crippen MR) is 61.4 cm³/mol. The Morgan fingerprint density at radius 1 is 1.07 bits per heavy atom. The van der Waals surface area contributed by atoms with Gasteiger partial charge in [0.25, 0.3) is 0 Å². The molecule has 0 aliphatic carbocycles. The Hall–Kier alpha value is -0.203. The fourth-order valence-electron chi connectivity index (χ4n) is 1.13. The number of hydrogen-bond donors (Lipinski definition) is 0. The van der Waals surface area contributed by atoms with E-state index in [-0.39, 0.29) is 6.10 Å². The van der Waals surface area contributed by atoms with Crippen LogP contribution in [0, 0.1) is 0 Å². The van der Waals surface area contributed by atoms with Gasteiger partial charge in [-0.05, 0) is 12.8 Å². The van der Waals surface area contributed by atoms with Gasteiger partial charge in [-0.3, -0.25) is 0 Å². The van der Waals surface area contributed by atoms with Crippen molar-refractivity contribution in [2.75, 3.05) is 21.3 Å². The zero-order valence-electron chi connectivity index (χ0n) is 10.3. The molecule has 0 aromatic heterocycles. The Bertz CT molecular complexity index is 172. The zero-order chi connectivity index (χ0) is 11.7. The van der Waals surface area contributed by atoms with Gasteiger partial charge < -0.3 is 17.7 Å². The first kappa shape index (κ1) is 14.8. The summed E-state index contributed by atoms with van der Waals surface area (Å²) in [5.74, 6) is 0. The Kier molecular flexibility index (Phi) is 7.90. The first-order valence-corrected chi connectivity index (χ1v) is 6.81. The van der Waals surface area contributed by atoms with E-state index in [0.29, 0.717) is 0 Å². The average Bonchev–Trinajstić information content (AvgIpc) is 2.30. The molecule has 0 bridgehead atoms. The van der Waals surface area contributed by atoms with Crippen molar-refractivity contribution in [3.05, 3.63) is 12.2 Å². The topological polar surface area (TPSA) is 36.9 Å². The third-order valence-electron chi connectivity index (χ3n) is 2.03. The third kappa shape index (κ3) is 4.90. The summed E-state index contributed by atoms with van der Waals surface area (Å²) in [6.45, 7) is 4.13. The molecule has 0 spiro atoms. The molecule has 0 aromatic rings. The van der Waals surface area contributed by atoms with Gasteiger partial charge in [-0.15, -0.1) is 0 Å². The maximum Gasteiger partial charge on any atom is 0.679 e. The highest BCUT2D eigenvalue weighted by molar-refractivity contribution is 6.53. The lowest BCUT2D eigenvalue weighted by Crippen LogP contribution is -2.48. The van der Waals surface area contributed by atoms with E-state index in [1.165, 1.54) is 21.3 Å². The Balaban J connectivity index is 4.40. The van der Waals surface area contributed by atoms with E-state index in [2.05, 4.69) is 13.0 Å². The minimum Gasteiger partial charge on any atom is -0.355 e. The number of hydrogen-bond acceptors (Lipinski definition) is 4. The van der Waals surface area contributed by atoms with Crippen LogP contribution in [0.2, 0.25) is 0 Å². The Morgan fingerprint density at radius 3 is 1.93 bits per heavy atom. The maximum atomic E-state index is 5.72. The van der Waals surface area contributed by atoms with E-state index in [4.69, 9.17) is 17.7 Å². The molecule has 0 aromatic carbocycles. The Labute approximate surface area is 93.7 Å². The van der Waals surface area contributed by atoms with Gasteiger partial charge >= 0.3 is 9.05 Å². The van der Waals surface area contributed by atoms with E-state index in [1.54, 1.807) is 0 Å². The van der Waals surface area contributed by atoms with Crippen LogP contribution < -0.4 is 0 Å². The predicted octanol–water partition coefficient (Wildman–Crippen LogP) is 2.12. The second-order valence-corrected chi connectivity index (χ2v) is 5.47. The smallest absolute Gasteiger partial charge is 0.355 e. The molecule has 0 N–H and O–H groups in total. The quantitative estimate of drug-likeness (QED) is 0.476. The normalized spacial score (nSPS) is 14.7. The largest absolute Gasteiger partial charge is 0.679 e. The van der Waals surface area contributed by atoms with E-state index >= 15 is 0 Å². The van der Waals surface area contributed by atoms with Crippen molar-refractivity contribution in [1.82, 2.24) is 0 Å². The monoisotopic (exact) mass is 234 g/mol. The van der Waals surface area contributed by atoms with Crippen molar-refractivity contribution in [3.8, 4) is 0 Å². The van der Waals surface area contributed by atoms with Crippen LogP contribution in [-0.4, -0.2) is 36.5 Å². The molecule has 0 saturated carbocycles. The summed E-state index contributed by atoms with van der Waals surface area (Å²) in [6, 6.07) is 0. The molecule has 1 atom stereocenters. The summed E-state index contributed by atoms with van der Waals surface area (Å²) in [7, 11) is 1.71. The van der Waals surface area contributed by atoms with Crippen molar-refractivity contribution in [2.24, 2.45) is 0 Å². The molecular weight excluding hydrogens is 212 g/mol. The zero-order valence-corrected chi connectivity index (χ0v) is 11.3. The molecule has 90 valence electrons. The molecule has 1 unspecified atom stereocenters. The maximum absolute atomic E-state index is 5.72. The lowest BCUT2D eigenvalue weighted by Gasteiger charge is -2.26. The summed E-state index contributed by atoms with van der Waals surface area (Å²) in [4.78, 5) is 0. The van der Waals surface area contributed by atoms with Crippen molar-refractivity contribution >= 4 is 9.05 Å². The van der Waals surface area contributed by atoms with Crippen LogP contribution in [0.5, 0.6) is 0 Å². The summed E-state index contributed by atoms with van der Waals surface area (Å²) >= 11 is 0. The van der Waals surface area contributed by atoms with E-state index < -0.39 is 9.05 Å². The highest BCUT2D eigenvalue weighted by atomic mass is 28.4. The van der Waals surface area contributed by atoms with Crippen LogP contribution in [0.4, 0.5) is 0 Å². The molecule has 0 amide bonds. The summed E-state index contributed by atoms with van der Waals surface area (Å²) < 4.78 is 21.3. The van der Waals surface area contributed by atoms with Gasteiger partial charge in [0.15, 0.2) is 0 Å². The van der Waals surface area contributed by atoms with Gasteiger partial charge in [-0.25, -0.2) is 0 Å². The fourth-order valence-corrected chi connectivity index (χ4v) is 2.53. The van der Waals surface area contributed by atoms with Crippen LogP contribution in [0.1, 0.15) is 26.7 Å². The molecule has 0 heterocycles. The van der Waals surface area contributed by atoms with Crippen LogP contribution in [-0.2, 0) is 17.7 Å². The van der Waals surface area contributed by atoms with Gasteiger partial charge in [0, 0.05) is 21.3 Å².